The Kier molecular flexibility index (Phi) is 3.41. The maximum absolute atomic E-state index is 8.72. The molecule has 0 unspecified atom stereocenters. The van der Waals surface area contributed by atoms with Gasteiger partial charge in [0.1, 0.15) is 0 Å². The van der Waals surface area contributed by atoms with Gasteiger partial charge in [-0.05, 0) is 56.2 Å². The Bertz CT molecular complexity index is 420. The summed E-state index contributed by atoms with van der Waals surface area (Å²) >= 11 is 0. The SMILES string of the molecule is CC1=CC[C@@H](Cc2ccc(C#N)cc2)CC1. The summed E-state index contributed by atoms with van der Waals surface area (Å²) in [5.74, 6) is 0.789. The molecule has 1 atom stereocenters. The van der Waals surface area contributed by atoms with Crippen LogP contribution in [0.2, 0.25) is 0 Å². The van der Waals surface area contributed by atoms with Crippen molar-refractivity contribution in [2.75, 3.05) is 0 Å². The van der Waals surface area contributed by atoms with Crippen LogP contribution in [0, 0.1) is 17.2 Å². The summed E-state index contributed by atoms with van der Waals surface area (Å²) in [5.41, 5.74) is 3.65. The van der Waals surface area contributed by atoms with E-state index in [1.165, 1.54) is 30.4 Å². The molecular weight excluding hydrogens is 194 g/mol. The molecule has 0 bridgehead atoms. The van der Waals surface area contributed by atoms with Crippen molar-refractivity contribution in [2.45, 2.75) is 32.6 Å². The van der Waals surface area contributed by atoms with Crippen LogP contribution in [-0.4, -0.2) is 0 Å². The lowest BCUT2D eigenvalue weighted by Gasteiger charge is -2.20. The van der Waals surface area contributed by atoms with Crippen LogP contribution in [0.5, 0.6) is 0 Å². The topological polar surface area (TPSA) is 23.8 Å². The van der Waals surface area contributed by atoms with Crippen LogP contribution >= 0.6 is 0 Å². The van der Waals surface area contributed by atoms with Crippen LogP contribution in [0.3, 0.4) is 0 Å². The maximum Gasteiger partial charge on any atom is 0.0991 e. The summed E-state index contributed by atoms with van der Waals surface area (Å²) in [5, 5.41) is 8.72. The number of nitrogens with zero attached hydrogens (tertiary/aromatic N) is 1. The first kappa shape index (κ1) is 11.0. The van der Waals surface area contributed by atoms with Crippen LogP contribution in [-0.2, 0) is 6.42 Å². The van der Waals surface area contributed by atoms with Crippen LogP contribution < -0.4 is 0 Å². The third-order valence-corrected chi connectivity index (χ3v) is 3.35. The zero-order valence-corrected chi connectivity index (χ0v) is 9.74. The maximum atomic E-state index is 8.72. The lowest BCUT2D eigenvalue weighted by atomic mass is 9.86. The molecule has 0 N–H and O–H groups in total. The average molecular weight is 211 g/mol. The van der Waals surface area contributed by atoms with E-state index in [-0.39, 0.29) is 0 Å². The van der Waals surface area contributed by atoms with Gasteiger partial charge in [-0.15, -0.1) is 0 Å². The minimum atomic E-state index is 0.753. The van der Waals surface area contributed by atoms with Gasteiger partial charge in [-0.3, -0.25) is 0 Å². The molecule has 0 spiro atoms. The fraction of sp³-hybridized carbons (Fsp3) is 0.400. The summed E-state index contributed by atoms with van der Waals surface area (Å²) in [4.78, 5) is 0. The van der Waals surface area contributed by atoms with Gasteiger partial charge in [0.25, 0.3) is 0 Å². The van der Waals surface area contributed by atoms with Crippen molar-refractivity contribution in [1.29, 1.82) is 5.26 Å². The Morgan fingerprint density at radius 1 is 1.31 bits per heavy atom. The minimum Gasteiger partial charge on any atom is -0.192 e. The quantitative estimate of drug-likeness (QED) is 0.682. The molecule has 1 aliphatic carbocycles. The second kappa shape index (κ2) is 4.99. The lowest BCUT2D eigenvalue weighted by molar-refractivity contribution is 0.467. The van der Waals surface area contributed by atoms with Crippen molar-refractivity contribution in [3.8, 4) is 6.07 Å². The molecule has 1 nitrogen and oxygen atoms in total. The van der Waals surface area contributed by atoms with Gasteiger partial charge in [-0.1, -0.05) is 23.8 Å². The normalized spacial score (nSPS) is 20.0. The van der Waals surface area contributed by atoms with E-state index >= 15 is 0 Å². The summed E-state index contributed by atoms with van der Waals surface area (Å²) in [6.07, 6.45) is 7.29. The van der Waals surface area contributed by atoms with Gasteiger partial charge in [0.15, 0.2) is 0 Å². The van der Waals surface area contributed by atoms with E-state index in [9.17, 15) is 0 Å². The Morgan fingerprint density at radius 3 is 2.62 bits per heavy atom. The number of benzene rings is 1. The van der Waals surface area contributed by atoms with E-state index in [2.05, 4.69) is 31.2 Å². The third-order valence-electron chi connectivity index (χ3n) is 3.35. The fourth-order valence-corrected chi connectivity index (χ4v) is 2.25. The summed E-state index contributed by atoms with van der Waals surface area (Å²) < 4.78 is 0. The van der Waals surface area contributed by atoms with Gasteiger partial charge in [0, 0.05) is 0 Å². The lowest BCUT2D eigenvalue weighted by Crippen LogP contribution is -2.08. The highest BCUT2D eigenvalue weighted by molar-refractivity contribution is 5.31. The van der Waals surface area contributed by atoms with Crippen LogP contribution in [0.25, 0.3) is 0 Å². The molecule has 0 radical (unpaired) electrons. The van der Waals surface area contributed by atoms with E-state index in [1.54, 1.807) is 0 Å². The van der Waals surface area contributed by atoms with Gasteiger partial charge in [-0.25, -0.2) is 0 Å². The first-order valence-electron chi connectivity index (χ1n) is 5.92. The Labute approximate surface area is 97.4 Å². The monoisotopic (exact) mass is 211 g/mol. The molecule has 0 amide bonds. The highest BCUT2D eigenvalue weighted by Crippen LogP contribution is 2.26. The van der Waals surface area contributed by atoms with E-state index in [0.29, 0.717) is 0 Å². The second-order valence-electron chi connectivity index (χ2n) is 4.70. The largest absolute Gasteiger partial charge is 0.192 e. The van der Waals surface area contributed by atoms with Crippen LogP contribution in [0.1, 0.15) is 37.3 Å². The molecule has 2 rings (SSSR count). The third kappa shape index (κ3) is 2.73. The highest BCUT2D eigenvalue weighted by Gasteiger charge is 2.12. The molecule has 0 saturated carbocycles. The van der Waals surface area contributed by atoms with E-state index in [1.807, 2.05) is 12.1 Å². The van der Waals surface area contributed by atoms with Gasteiger partial charge >= 0.3 is 0 Å². The van der Waals surface area contributed by atoms with Gasteiger partial charge in [-0.2, -0.15) is 5.26 Å². The number of hydrogen-bond acceptors (Lipinski definition) is 1. The molecule has 16 heavy (non-hydrogen) atoms. The van der Waals surface area contributed by atoms with Gasteiger partial charge in [0.2, 0.25) is 0 Å². The van der Waals surface area contributed by atoms with Crippen LogP contribution in [0.4, 0.5) is 0 Å². The van der Waals surface area contributed by atoms with Crippen molar-refractivity contribution in [2.24, 2.45) is 5.92 Å². The molecule has 1 heteroatoms. The van der Waals surface area contributed by atoms with Gasteiger partial charge in [0.05, 0.1) is 11.6 Å². The zero-order valence-electron chi connectivity index (χ0n) is 9.74. The Hall–Kier alpha value is -1.55. The molecule has 1 aromatic carbocycles. The molecule has 0 fully saturated rings. The van der Waals surface area contributed by atoms with Crippen molar-refractivity contribution in [3.63, 3.8) is 0 Å². The van der Waals surface area contributed by atoms with E-state index in [4.69, 9.17) is 5.26 Å². The van der Waals surface area contributed by atoms with Crippen molar-refractivity contribution < 1.29 is 0 Å². The molecule has 0 aromatic heterocycles. The van der Waals surface area contributed by atoms with E-state index < -0.39 is 0 Å². The Balaban J connectivity index is 1.97. The smallest absolute Gasteiger partial charge is 0.0991 e. The highest BCUT2D eigenvalue weighted by atomic mass is 14.2. The number of rotatable bonds is 2. The van der Waals surface area contributed by atoms with Gasteiger partial charge < -0.3 is 0 Å². The van der Waals surface area contributed by atoms with Crippen molar-refractivity contribution >= 4 is 0 Å². The number of nitriles is 1. The molecule has 0 saturated heterocycles. The summed E-state index contributed by atoms with van der Waals surface area (Å²) in [6, 6.07) is 10.2. The first-order chi connectivity index (χ1) is 7.78. The van der Waals surface area contributed by atoms with Crippen LogP contribution in [0.15, 0.2) is 35.9 Å². The number of allylic oxidation sites excluding steroid dienone is 2. The molecular formula is C15H17N. The van der Waals surface area contributed by atoms with E-state index in [0.717, 1.165) is 17.9 Å². The minimum absolute atomic E-state index is 0.753. The molecule has 82 valence electrons. The molecule has 0 heterocycles. The van der Waals surface area contributed by atoms with Crippen molar-refractivity contribution in [1.82, 2.24) is 0 Å². The predicted molar refractivity (Wildman–Crippen MR) is 66.0 cm³/mol. The zero-order chi connectivity index (χ0) is 11.4. The standard InChI is InChI=1S/C15H17N/c1-12-2-4-13(5-3-12)10-14-6-8-15(11-16)9-7-14/h2,6-9,13H,3-5,10H2,1H3/t13-/m1/s1. The molecule has 1 aliphatic rings. The molecule has 0 aliphatic heterocycles. The summed E-state index contributed by atoms with van der Waals surface area (Å²) in [7, 11) is 0. The number of hydrogen-bond donors (Lipinski definition) is 0. The summed E-state index contributed by atoms with van der Waals surface area (Å²) in [6.45, 7) is 2.22. The second-order valence-corrected chi connectivity index (χ2v) is 4.70. The first-order valence-corrected chi connectivity index (χ1v) is 5.92. The van der Waals surface area contributed by atoms with Crippen molar-refractivity contribution in [3.05, 3.63) is 47.0 Å². The fourth-order valence-electron chi connectivity index (χ4n) is 2.25. The molecule has 1 aromatic rings. The average Bonchev–Trinajstić information content (AvgIpc) is 2.33. The Morgan fingerprint density at radius 2 is 2.06 bits per heavy atom. The predicted octanol–water partition coefficient (Wildman–Crippen LogP) is 3.85.